The van der Waals surface area contributed by atoms with E-state index in [2.05, 4.69) is 4.90 Å². The molecule has 0 spiro atoms. The van der Waals surface area contributed by atoms with Gasteiger partial charge in [0.05, 0.1) is 5.56 Å². The third-order valence-electron chi connectivity index (χ3n) is 4.46. The number of thiophene rings is 1. The van der Waals surface area contributed by atoms with Crippen molar-refractivity contribution in [2.45, 2.75) is 12.6 Å². The van der Waals surface area contributed by atoms with Crippen molar-refractivity contribution in [3.63, 3.8) is 0 Å². The molecule has 132 valence electrons. The molecule has 5 nitrogen and oxygen atoms in total. The third kappa shape index (κ3) is 3.16. The van der Waals surface area contributed by atoms with Gasteiger partial charge in [0, 0.05) is 28.8 Å². The molecule has 1 aliphatic heterocycles. The van der Waals surface area contributed by atoms with Crippen molar-refractivity contribution in [1.29, 1.82) is 0 Å². The summed E-state index contributed by atoms with van der Waals surface area (Å²) in [6, 6.07) is 16.7. The number of hydrogen-bond acceptors (Lipinski definition) is 5. The van der Waals surface area contributed by atoms with Gasteiger partial charge in [0.15, 0.2) is 0 Å². The predicted octanol–water partition coefficient (Wildman–Crippen LogP) is 4.18. The number of rotatable bonds is 5. The van der Waals surface area contributed by atoms with E-state index < -0.39 is 5.97 Å². The first-order valence-corrected chi connectivity index (χ1v) is 9.15. The van der Waals surface area contributed by atoms with Crippen molar-refractivity contribution in [3.05, 3.63) is 76.0 Å². The van der Waals surface area contributed by atoms with E-state index >= 15 is 0 Å². The fraction of sp³-hybridized carbons (Fsp3) is 0.150. The van der Waals surface area contributed by atoms with Gasteiger partial charge in [-0.15, -0.1) is 11.3 Å². The van der Waals surface area contributed by atoms with Crippen molar-refractivity contribution >= 4 is 28.7 Å². The lowest BCUT2D eigenvalue weighted by Gasteiger charge is -2.20. The molecular formula is C20H18N2O3S. The van der Waals surface area contributed by atoms with Crippen LogP contribution in [0.1, 0.15) is 26.8 Å². The standard InChI is InChI=1S/C20H18N2O3S/c21-18-11-22(14-5-3-13(4-6-14)20(23)24)19-8-7-15(10-17(18)19)25-12-16-2-1-9-26-16/h1-10,18H,11-12,21H2,(H,23,24). The van der Waals surface area contributed by atoms with Gasteiger partial charge in [-0.2, -0.15) is 0 Å². The van der Waals surface area contributed by atoms with Gasteiger partial charge in [-0.25, -0.2) is 4.79 Å². The van der Waals surface area contributed by atoms with Gasteiger partial charge in [-0.1, -0.05) is 6.07 Å². The number of carboxylic acids is 1. The summed E-state index contributed by atoms with van der Waals surface area (Å²) in [7, 11) is 0. The zero-order chi connectivity index (χ0) is 18.1. The Morgan fingerprint density at radius 2 is 2.04 bits per heavy atom. The molecule has 0 amide bonds. The van der Waals surface area contributed by atoms with Crippen LogP contribution < -0.4 is 15.4 Å². The quantitative estimate of drug-likeness (QED) is 0.708. The van der Waals surface area contributed by atoms with E-state index in [4.69, 9.17) is 15.6 Å². The van der Waals surface area contributed by atoms with E-state index in [1.54, 1.807) is 23.5 Å². The molecule has 1 unspecified atom stereocenters. The predicted molar refractivity (Wildman–Crippen MR) is 102 cm³/mol. The maximum absolute atomic E-state index is 11.0. The lowest BCUT2D eigenvalue weighted by molar-refractivity contribution is 0.0697. The third-order valence-corrected chi connectivity index (χ3v) is 5.31. The molecule has 0 bridgehead atoms. The molecule has 1 aromatic heterocycles. The van der Waals surface area contributed by atoms with Crippen LogP contribution in [0.4, 0.5) is 11.4 Å². The number of aromatic carboxylic acids is 1. The van der Waals surface area contributed by atoms with Crippen LogP contribution in [0.5, 0.6) is 5.75 Å². The minimum absolute atomic E-state index is 0.116. The molecule has 0 saturated heterocycles. The monoisotopic (exact) mass is 366 g/mol. The summed E-state index contributed by atoms with van der Waals surface area (Å²) in [5.41, 5.74) is 9.59. The number of ether oxygens (including phenoxy) is 1. The largest absolute Gasteiger partial charge is 0.488 e. The Bertz CT molecular complexity index is 923. The Morgan fingerprint density at radius 3 is 2.73 bits per heavy atom. The first-order chi connectivity index (χ1) is 12.6. The number of nitrogens with zero attached hydrogens (tertiary/aromatic N) is 1. The van der Waals surface area contributed by atoms with Gasteiger partial charge >= 0.3 is 5.97 Å². The second-order valence-electron chi connectivity index (χ2n) is 6.16. The molecule has 2 aromatic carbocycles. The normalized spacial score (nSPS) is 15.7. The number of nitrogens with two attached hydrogens (primary N) is 1. The number of benzene rings is 2. The molecule has 1 atom stereocenters. The highest BCUT2D eigenvalue weighted by Crippen LogP contribution is 2.40. The van der Waals surface area contributed by atoms with Crippen LogP contribution in [0.25, 0.3) is 0 Å². The number of carboxylic acid groups (broad SMARTS) is 1. The Morgan fingerprint density at radius 1 is 1.23 bits per heavy atom. The fourth-order valence-corrected chi connectivity index (χ4v) is 3.75. The van der Waals surface area contributed by atoms with Crippen LogP contribution in [-0.2, 0) is 6.61 Å². The topological polar surface area (TPSA) is 75.8 Å². The van der Waals surface area contributed by atoms with Crippen LogP contribution in [-0.4, -0.2) is 17.6 Å². The van der Waals surface area contributed by atoms with E-state index in [-0.39, 0.29) is 11.6 Å². The van der Waals surface area contributed by atoms with Crippen LogP contribution in [0.2, 0.25) is 0 Å². The van der Waals surface area contributed by atoms with E-state index in [0.717, 1.165) is 22.7 Å². The second kappa shape index (κ2) is 6.82. The zero-order valence-corrected chi connectivity index (χ0v) is 14.8. The van der Waals surface area contributed by atoms with Gasteiger partial charge in [-0.3, -0.25) is 0 Å². The SMILES string of the molecule is NC1CN(c2ccc(C(=O)O)cc2)c2ccc(OCc3cccs3)cc21. The highest BCUT2D eigenvalue weighted by atomic mass is 32.1. The van der Waals surface area contributed by atoms with E-state index in [1.165, 1.54) is 4.88 Å². The lowest BCUT2D eigenvalue weighted by Crippen LogP contribution is -2.19. The molecule has 4 rings (SSSR count). The van der Waals surface area contributed by atoms with E-state index in [9.17, 15) is 4.79 Å². The molecule has 0 fully saturated rings. The summed E-state index contributed by atoms with van der Waals surface area (Å²) in [5, 5.41) is 11.1. The molecule has 3 aromatic rings. The molecule has 0 aliphatic carbocycles. The van der Waals surface area contributed by atoms with Gasteiger partial charge in [0.2, 0.25) is 0 Å². The maximum Gasteiger partial charge on any atom is 0.335 e. The first kappa shape index (κ1) is 16.6. The summed E-state index contributed by atoms with van der Waals surface area (Å²) in [6.07, 6.45) is 0. The molecule has 26 heavy (non-hydrogen) atoms. The van der Waals surface area contributed by atoms with E-state index in [0.29, 0.717) is 13.2 Å². The molecule has 1 aliphatic rings. The first-order valence-electron chi connectivity index (χ1n) is 8.27. The summed E-state index contributed by atoms with van der Waals surface area (Å²) in [5.74, 6) is -0.127. The molecular weight excluding hydrogens is 348 g/mol. The molecule has 3 N–H and O–H groups in total. The molecule has 6 heteroatoms. The van der Waals surface area contributed by atoms with Gasteiger partial charge in [0.1, 0.15) is 12.4 Å². The Labute approximate surface area is 155 Å². The van der Waals surface area contributed by atoms with Gasteiger partial charge in [-0.05, 0) is 59.5 Å². The highest BCUT2D eigenvalue weighted by molar-refractivity contribution is 7.09. The second-order valence-corrected chi connectivity index (χ2v) is 7.19. The number of hydrogen-bond donors (Lipinski definition) is 2. The number of fused-ring (bicyclic) bond motifs is 1. The van der Waals surface area contributed by atoms with Gasteiger partial charge < -0.3 is 20.5 Å². The minimum atomic E-state index is -0.928. The molecule has 2 heterocycles. The number of anilines is 2. The van der Waals surface area contributed by atoms with Crippen LogP contribution in [0, 0.1) is 0 Å². The fourth-order valence-electron chi connectivity index (χ4n) is 3.14. The zero-order valence-electron chi connectivity index (χ0n) is 14.0. The summed E-state index contributed by atoms with van der Waals surface area (Å²) < 4.78 is 5.88. The van der Waals surface area contributed by atoms with Crippen LogP contribution in [0.3, 0.4) is 0 Å². The highest BCUT2D eigenvalue weighted by Gasteiger charge is 2.27. The van der Waals surface area contributed by atoms with E-state index in [1.807, 2.05) is 47.8 Å². The maximum atomic E-state index is 11.0. The summed E-state index contributed by atoms with van der Waals surface area (Å²) >= 11 is 1.67. The summed E-state index contributed by atoms with van der Waals surface area (Å²) in [6.45, 7) is 1.20. The van der Waals surface area contributed by atoms with Crippen LogP contribution >= 0.6 is 11.3 Å². The minimum Gasteiger partial charge on any atom is -0.488 e. The van der Waals surface area contributed by atoms with Crippen molar-refractivity contribution in [1.82, 2.24) is 0 Å². The Balaban J connectivity index is 1.56. The van der Waals surface area contributed by atoms with Crippen molar-refractivity contribution in [3.8, 4) is 5.75 Å². The van der Waals surface area contributed by atoms with Crippen molar-refractivity contribution in [2.24, 2.45) is 5.73 Å². The van der Waals surface area contributed by atoms with Gasteiger partial charge in [0.25, 0.3) is 0 Å². The summed E-state index contributed by atoms with van der Waals surface area (Å²) in [4.78, 5) is 14.3. The van der Waals surface area contributed by atoms with Crippen LogP contribution in [0.15, 0.2) is 60.0 Å². The van der Waals surface area contributed by atoms with Crippen molar-refractivity contribution < 1.29 is 14.6 Å². The molecule has 0 saturated carbocycles. The average molecular weight is 366 g/mol. The smallest absolute Gasteiger partial charge is 0.335 e. The Kier molecular flexibility index (Phi) is 4.36. The number of carbonyl (C=O) groups is 1. The van der Waals surface area contributed by atoms with Crippen molar-refractivity contribution in [2.75, 3.05) is 11.4 Å². The lowest BCUT2D eigenvalue weighted by atomic mass is 10.1. The average Bonchev–Trinajstić information content (AvgIpc) is 3.28. The Hall–Kier alpha value is -2.83. The molecule has 0 radical (unpaired) electrons.